The molecule has 0 aromatic rings. The van der Waals surface area contributed by atoms with Gasteiger partial charge in [0.25, 0.3) is 0 Å². The highest BCUT2D eigenvalue weighted by molar-refractivity contribution is 5.85. The van der Waals surface area contributed by atoms with Gasteiger partial charge in [-0.05, 0) is 64.7 Å². The molecule has 3 aliphatic heterocycles. The van der Waals surface area contributed by atoms with E-state index in [2.05, 4.69) is 10.6 Å². The summed E-state index contributed by atoms with van der Waals surface area (Å²) in [5.74, 6) is 1.03. The van der Waals surface area contributed by atoms with Crippen molar-refractivity contribution in [1.82, 2.24) is 15.5 Å². The Morgan fingerprint density at radius 3 is 2.36 bits per heavy atom. The van der Waals surface area contributed by atoms with Crippen LogP contribution in [0.4, 0.5) is 0 Å². The molecule has 0 aliphatic carbocycles. The van der Waals surface area contributed by atoms with Gasteiger partial charge in [-0.3, -0.25) is 9.59 Å². The third kappa shape index (κ3) is 6.89. The Bertz CT molecular complexity index is 497. The molecule has 28 heavy (non-hydrogen) atoms. The fourth-order valence-electron chi connectivity index (χ4n) is 4.86. The first kappa shape index (κ1) is 23.4. The minimum absolute atomic E-state index is 0. The van der Waals surface area contributed by atoms with Gasteiger partial charge in [-0.1, -0.05) is 0 Å². The molecule has 2 atom stereocenters. The molecule has 162 valence electrons. The summed E-state index contributed by atoms with van der Waals surface area (Å²) in [6, 6.07) is 1.28. The van der Waals surface area contributed by atoms with Crippen molar-refractivity contribution in [3.05, 3.63) is 0 Å². The molecule has 3 aliphatic rings. The average Bonchev–Trinajstić information content (AvgIpc) is 2.99. The van der Waals surface area contributed by atoms with Crippen molar-refractivity contribution >= 4 is 24.2 Å². The van der Waals surface area contributed by atoms with Crippen LogP contribution in [0.15, 0.2) is 0 Å². The largest absolute Gasteiger partial charge is 0.379 e. The summed E-state index contributed by atoms with van der Waals surface area (Å²) in [6.07, 6.45) is 8.22. The van der Waals surface area contributed by atoms with E-state index in [9.17, 15) is 9.59 Å². The second-order valence-electron chi connectivity index (χ2n) is 8.90. The van der Waals surface area contributed by atoms with Gasteiger partial charge in [-0.15, -0.1) is 12.4 Å². The highest BCUT2D eigenvalue weighted by Crippen LogP contribution is 2.33. The predicted molar refractivity (Wildman–Crippen MR) is 113 cm³/mol. The van der Waals surface area contributed by atoms with E-state index in [-0.39, 0.29) is 30.3 Å². The van der Waals surface area contributed by atoms with E-state index in [1.807, 2.05) is 18.7 Å². The molecule has 2 bridgehead atoms. The van der Waals surface area contributed by atoms with Crippen LogP contribution in [0.2, 0.25) is 0 Å². The lowest BCUT2D eigenvalue weighted by atomic mass is 9.88. The zero-order valence-corrected chi connectivity index (χ0v) is 18.3. The van der Waals surface area contributed by atoms with Crippen molar-refractivity contribution in [2.75, 3.05) is 26.2 Å². The van der Waals surface area contributed by atoms with Crippen molar-refractivity contribution < 1.29 is 14.3 Å². The van der Waals surface area contributed by atoms with Crippen molar-refractivity contribution in [2.24, 2.45) is 11.8 Å². The van der Waals surface area contributed by atoms with Gasteiger partial charge in [-0.25, -0.2) is 0 Å². The number of fused-ring (bicyclic) bond motifs is 2. The molecule has 7 heteroatoms. The minimum Gasteiger partial charge on any atom is -0.379 e. The van der Waals surface area contributed by atoms with Crippen molar-refractivity contribution in [3.8, 4) is 0 Å². The van der Waals surface area contributed by atoms with Crippen LogP contribution in [0.3, 0.4) is 0 Å². The van der Waals surface area contributed by atoms with E-state index in [0.29, 0.717) is 43.5 Å². The van der Waals surface area contributed by atoms with Crippen LogP contribution in [0.1, 0.15) is 65.2 Å². The number of piperidine rings is 2. The SMILES string of the molecule is CC(C)OCCCNC(=O)C1CCN(C(=O)CC2CC3CCC(C2)N3)CC1.Cl. The molecule has 3 fully saturated rings. The van der Waals surface area contributed by atoms with E-state index in [4.69, 9.17) is 4.74 Å². The van der Waals surface area contributed by atoms with Gasteiger partial charge in [0.2, 0.25) is 11.8 Å². The third-order valence-corrected chi connectivity index (χ3v) is 6.32. The highest BCUT2D eigenvalue weighted by Gasteiger charge is 2.35. The van der Waals surface area contributed by atoms with Gasteiger partial charge in [-0.2, -0.15) is 0 Å². The number of halogens is 1. The van der Waals surface area contributed by atoms with Gasteiger partial charge >= 0.3 is 0 Å². The van der Waals surface area contributed by atoms with Crippen molar-refractivity contribution in [2.45, 2.75) is 83.4 Å². The maximum absolute atomic E-state index is 12.7. The Kier molecular flexibility index (Phi) is 9.51. The van der Waals surface area contributed by atoms with Gasteiger partial charge in [0, 0.05) is 50.7 Å². The Morgan fingerprint density at radius 1 is 1.11 bits per heavy atom. The number of hydrogen-bond acceptors (Lipinski definition) is 4. The first-order chi connectivity index (χ1) is 13.0. The summed E-state index contributed by atoms with van der Waals surface area (Å²) in [5.41, 5.74) is 0. The number of carbonyl (C=O) groups is 2. The lowest BCUT2D eigenvalue weighted by Crippen LogP contribution is -2.45. The van der Waals surface area contributed by atoms with Crippen LogP contribution in [-0.4, -0.2) is 61.1 Å². The average molecular weight is 416 g/mol. The number of nitrogens with one attached hydrogen (secondary N) is 2. The minimum atomic E-state index is 0. The Balaban J connectivity index is 0.00000280. The van der Waals surface area contributed by atoms with Crippen LogP contribution in [-0.2, 0) is 14.3 Å². The second-order valence-corrected chi connectivity index (χ2v) is 8.90. The number of ether oxygens (including phenoxy) is 1. The van der Waals surface area contributed by atoms with Crippen LogP contribution in [0.5, 0.6) is 0 Å². The van der Waals surface area contributed by atoms with E-state index in [1.54, 1.807) is 0 Å². The molecule has 0 aromatic carbocycles. The monoisotopic (exact) mass is 415 g/mol. The molecule has 2 amide bonds. The van der Waals surface area contributed by atoms with Crippen LogP contribution in [0.25, 0.3) is 0 Å². The standard InChI is InChI=1S/C21H37N3O3.ClH/c1-15(2)27-11-3-8-22-21(26)17-6-9-24(10-7-17)20(25)14-16-12-18-4-5-19(13-16)23-18;/h15-19,23H,3-14H2,1-2H3,(H,22,26);1H. The molecule has 0 spiro atoms. The molecule has 3 saturated heterocycles. The van der Waals surface area contributed by atoms with Gasteiger partial charge in [0.15, 0.2) is 0 Å². The summed E-state index contributed by atoms with van der Waals surface area (Å²) >= 11 is 0. The molecule has 0 radical (unpaired) electrons. The molecule has 2 unspecified atom stereocenters. The summed E-state index contributed by atoms with van der Waals surface area (Å²) < 4.78 is 5.49. The molecule has 3 heterocycles. The van der Waals surface area contributed by atoms with E-state index >= 15 is 0 Å². The van der Waals surface area contributed by atoms with Crippen LogP contribution in [0, 0.1) is 11.8 Å². The fraction of sp³-hybridized carbons (Fsp3) is 0.905. The number of carbonyl (C=O) groups excluding carboxylic acids is 2. The zero-order chi connectivity index (χ0) is 19.2. The van der Waals surface area contributed by atoms with Gasteiger partial charge in [0.1, 0.15) is 0 Å². The molecular formula is C21H38ClN3O3. The summed E-state index contributed by atoms with van der Waals surface area (Å²) in [7, 11) is 0. The first-order valence-corrected chi connectivity index (χ1v) is 10.9. The topological polar surface area (TPSA) is 70.7 Å². The fourth-order valence-corrected chi connectivity index (χ4v) is 4.86. The molecule has 2 N–H and O–H groups in total. The second kappa shape index (κ2) is 11.4. The van der Waals surface area contributed by atoms with Gasteiger partial charge in [0.05, 0.1) is 6.10 Å². The van der Waals surface area contributed by atoms with E-state index in [1.165, 1.54) is 12.8 Å². The quantitative estimate of drug-likeness (QED) is 0.597. The van der Waals surface area contributed by atoms with Crippen LogP contribution < -0.4 is 10.6 Å². The number of rotatable bonds is 8. The smallest absolute Gasteiger partial charge is 0.223 e. The number of amides is 2. The molecular weight excluding hydrogens is 378 g/mol. The number of nitrogens with zero attached hydrogens (tertiary/aromatic N) is 1. The van der Waals surface area contributed by atoms with Crippen molar-refractivity contribution in [1.29, 1.82) is 0 Å². The lowest BCUT2D eigenvalue weighted by molar-refractivity contribution is -0.136. The number of likely N-dealkylation sites (tertiary alicyclic amines) is 1. The maximum atomic E-state index is 12.7. The predicted octanol–water partition coefficient (Wildman–Crippen LogP) is 2.50. The highest BCUT2D eigenvalue weighted by atomic mass is 35.5. The van der Waals surface area contributed by atoms with E-state index in [0.717, 1.165) is 45.2 Å². The maximum Gasteiger partial charge on any atom is 0.223 e. The number of hydrogen-bond donors (Lipinski definition) is 2. The first-order valence-electron chi connectivity index (χ1n) is 10.9. The molecule has 3 rings (SSSR count). The molecule has 0 saturated carbocycles. The third-order valence-electron chi connectivity index (χ3n) is 6.32. The Hall–Kier alpha value is -0.850. The summed E-state index contributed by atoms with van der Waals surface area (Å²) in [5, 5.41) is 6.67. The lowest BCUT2D eigenvalue weighted by Gasteiger charge is -2.34. The normalized spacial score (nSPS) is 27.5. The van der Waals surface area contributed by atoms with E-state index < -0.39 is 0 Å². The molecule has 6 nitrogen and oxygen atoms in total. The van der Waals surface area contributed by atoms with Gasteiger partial charge < -0.3 is 20.3 Å². The van der Waals surface area contributed by atoms with Crippen molar-refractivity contribution in [3.63, 3.8) is 0 Å². The summed E-state index contributed by atoms with van der Waals surface area (Å²) in [4.78, 5) is 27.0. The Labute approximate surface area is 175 Å². The molecule has 0 aromatic heterocycles. The Morgan fingerprint density at radius 2 is 1.75 bits per heavy atom. The zero-order valence-electron chi connectivity index (χ0n) is 17.5. The summed E-state index contributed by atoms with van der Waals surface area (Å²) in [6.45, 7) is 6.84. The van der Waals surface area contributed by atoms with Crippen LogP contribution >= 0.6 is 12.4 Å².